The van der Waals surface area contributed by atoms with E-state index in [4.69, 9.17) is 10.00 Å². The van der Waals surface area contributed by atoms with E-state index >= 15 is 0 Å². The van der Waals surface area contributed by atoms with Gasteiger partial charge in [0.15, 0.2) is 0 Å². The molecule has 0 radical (unpaired) electrons. The van der Waals surface area contributed by atoms with E-state index in [1.807, 2.05) is 0 Å². The highest BCUT2D eigenvalue weighted by atomic mass is 32.2. The third-order valence-electron chi connectivity index (χ3n) is 4.95. The fraction of sp³-hybridized carbons (Fsp3) is 0.364. The summed E-state index contributed by atoms with van der Waals surface area (Å²) < 4.78 is 32.1. The second-order valence-electron chi connectivity index (χ2n) is 7.08. The van der Waals surface area contributed by atoms with E-state index in [0.717, 1.165) is 30.4 Å². The molecule has 1 fully saturated rings. The Balaban J connectivity index is 1.50. The van der Waals surface area contributed by atoms with Gasteiger partial charge in [-0.1, -0.05) is 30.7 Å². The van der Waals surface area contributed by atoms with Crippen molar-refractivity contribution in [3.63, 3.8) is 0 Å². The Hall–Kier alpha value is -2.69. The quantitative estimate of drug-likeness (QED) is 0.651. The van der Waals surface area contributed by atoms with E-state index in [0.29, 0.717) is 30.0 Å². The van der Waals surface area contributed by atoms with E-state index in [-0.39, 0.29) is 19.0 Å². The van der Waals surface area contributed by atoms with Crippen LogP contribution in [0.3, 0.4) is 0 Å². The summed E-state index contributed by atoms with van der Waals surface area (Å²) >= 11 is 0. The smallest absolute Gasteiger partial charge is 0.306 e. The highest BCUT2D eigenvalue weighted by molar-refractivity contribution is 7.89. The third kappa shape index (κ3) is 5.66. The molecule has 3 rings (SSSR count). The summed E-state index contributed by atoms with van der Waals surface area (Å²) in [5.41, 5.74) is 2.17. The Kier molecular flexibility index (Phi) is 7.02. The molecule has 1 aliphatic rings. The molecule has 0 N–H and O–H groups in total. The average Bonchev–Trinajstić information content (AvgIpc) is 2.77. The number of hydrogen-bond acceptors (Lipinski definition) is 5. The van der Waals surface area contributed by atoms with E-state index in [1.165, 1.54) is 0 Å². The number of esters is 1. The second kappa shape index (κ2) is 9.68. The van der Waals surface area contributed by atoms with Crippen molar-refractivity contribution in [2.75, 3.05) is 13.1 Å². The van der Waals surface area contributed by atoms with Crippen LogP contribution in [0.1, 0.15) is 42.4 Å². The fourth-order valence-electron chi connectivity index (χ4n) is 3.30. The molecule has 0 saturated carbocycles. The lowest BCUT2D eigenvalue weighted by atomic mass is 10.1. The molecule has 1 saturated heterocycles. The van der Waals surface area contributed by atoms with Gasteiger partial charge in [0, 0.05) is 19.5 Å². The summed E-state index contributed by atoms with van der Waals surface area (Å²) in [4.78, 5) is 12.3. The molecule has 0 spiro atoms. The number of sulfonamides is 1. The maximum absolute atomic E-state index is 12.7. The molecule has 0 unspecified atom stereocenters. The summed E-state index contributed by atoms with van der Waals surface area (Å²) in [6.45, 7) is 1.28. The first kappa shape index (κ1) is 21.0. The van der Waals surface area contributed by atoms with Gasteiger partial charge in [-0.2, -0.15) is 9.57 Å². The number of ether oxygens (including phenoxy) is 1. The Labute approximate surface area is 171 Å². The molecule has 1 heterocycles. The van der Waals surface area contributed by atoms with E-state index < -0.39 is 10.0 Å². The van der Waals surface area contributed by atoms with Crippen LogP contribution < -0.4 is 0 Å². The van der Waals surface area contributed by atoms with E-state index in [9.17, 15) is 13.2 Å². The molecule has 152 valence electrons. The summed E-state index contributed by atoms with van der Waals surface area (Å²) in [6, 6.07) is 15.7. The van der Waals surface area contributed by atoms with Crippen LogP contribution >= 0.6 is 0 Å². The van der Waals surface area contributed by atoms with Gasteiger partial charge < -0.3 is 4.74 Å². The van der Waals surface area contributed by atoms with Crippen LogP contribution in [0.25, 0.3) is 0 Å². The van der Waals surface area contributed by atoms with Crippen molar-refractivity contribution in [1.82, 2.24) is 4.31 Å². The molecule has 0 atom stereocenters. The van der Waals surface area contributed by atoms with Crippen LogP contribution in [0.15, 0.2) is 53.4 Å². The van der Waals surface area contributed by atoms with Crippen LogP contribution in [-0.4, -0.2) is 31.8 Å². The molecule has 1 aliphatic heterocycles. The number of nitrogens with zero attached hydrogens (tertiary/aromatic N) is 2. The topological polar surface area (TPSA) is 87.5 Å². The van der Waals surface area contributed by atoms with Gasteiger partial charge in [0.25, 0.3) is 0 Å². The first-order valence-corrected chi connectivity index (χ1v) is 11.2. The Bertz CT molecular complexity index is 988. The Morgan fingerprint density at radius 2 is 1.76 bits per heavy atom. The van der Waals surface area contributed by atoms with E-state index in [1.54, 1.807) is 52.8 Å². The summed E-state index contributed by atoms with van der Waals surface area (Å²) in [5, 5.41) is 8.90. The predicted molar refractivity (Wildman–Crippen MR) is 108 cm³/mol. The Morgan fingerprint density at radius 3 is 2.45 bits per heavy atom. The summed E-state index contributed by atoms with van der Waals surface area (Å²) in [5.74, 6) is -0.336. The minimum atomic E-state index is -3.44. The SMILES string of the molecule is N#Cc1cccc(COC(=O)CCc2ccc(S(=O)(=O)N3CCCCC3)cc2)c1. The molecule has 0 aliphatic carbocycles. The maximum atomic E-state index is 12.7. The zero-order valence-electron chi connectivity index (χ0n) is 16.2. The zero-order chi connectivity index (χ0) is 20.7. The van der Waals surface area contributed by atoms with Crippen molar-refractivity contribution in [2.24, 2.45) is 0 Å². The predicted octanol–water partition coefficient (Wildman–Crippen LogP) is 3.41. The number of hydrogen-bond donors (Lipinski definition) is 0. The number of carbonyl (C=O) groups excluding carboxylic acids is 1. The second-order valence-corrected chi connectivity index (χ2v) is 9.02. The Morgan fingerprint density at radius 1 is 1.03 bits per heavy atom. The lowest BCUT2D eigenvalue weighted by Gasteiger charge is -2.25. The number of nitriles is 1. The number of carbonyl (C=O) groups is 1. The summed E-state index contributed by atoms with van der Waals surface area (Å²) in [7, 11) is -3.44. The molecular weight excluding hydrogens is 388 g/mol. The molecular formula is C22H24N2O4S. The van der Waals surface area contributed by atoms with Crippen molar-refractivity contribution < 1.29 is 17.9 Å². The highest BCUT2D eigenvalue weighted by Crippen LogP contribution is 2.21. The normalized spacial score (nSPS) is 14.9. The number of aryl methyl sites for hydroxylation is 1. The molecule has 0 aromatic heterocycles. The van der Waals surface area contributed by atoms with Crippen molar-refractivity contribution in [3.8, 4) is 6.07 Å². The number of benzene rings is 2. The summed E-state index contributed by atoms with van der Waals surface area (Å²) in [6.07, 6.45) is 3.56. The molecule has 2 aromatic carbocycles. The first-order valence-electron chi connectivity index (χ1n) is 9.73. The van der Waals surface area contributed by atoms with Crippen LogP contribution in [0.4, 0.5) is 0 Å². The molecule has 7 heteroatoms. The van der Waals surface area contributed by atoms with Gasteiger partial charge in [-0.05, 0) is 54.7 Å². The molecule has 0 amide bonds. The zero-order valence-corrected chi connectivity index (χ0v) is 17.0. The minimum Gasteiger partial charge on any atom is -0.461 e. The highest BCUT2D eigenvalue weighted by Gasteiger charge is 2.25. The molecule has 29 heavy (non-hydrogen) atoms. The van der Waals surface area contributed by atoms with Crippen molar-refractivity contribution in [2.45, 2.75) is 43.6 Å². The fourth-order valence-corrected chi connectivity index (χ4v) is 4.81. The first-order chi connectivity index (χ1) is 14.0. The maximum Gasteiger partial charge on any atom is 0.306 e. The van der Waals surface area contributed by atoms with Gasteiger partial charge in [0.1, 0.15) is 6.61 Å². The van der Waals surface area contributed by atoms with Crippen LogP contribution in [0.5, 0.6) is 0 Å². The van der Waals surface area contributed by atoms with Crippen molar-refractivity contribution in [1.29, 1.82) is 5.26 Å². The lowest BCUT2D eigenvalue weighted by Crippen LogP contribution is -2.35. The standard InChI is InChI=1S/C22H24N2O4S/c23-16-19-5-4-6-20(15-19)17-28-22(25)12-9-18-7-10-21(11-8-18)29(26,27)24-13-2-1-3-14-24/h4-8,10-11,15H,1-3,9,12-14,17H2. The largest absolute Gasteiger partial charge is 0.461 e. The van der Waals surface area contributed by atoms with Crippen molar-refractivity contribution >= 4 is 16.0 Å². The van der Waals surface area contributed by atoms with Gasteiger partial charge in [-0.15, -0.1) is 0 Å². The van der Waals surface area contributed by atoms with Crippen LogP contribution in [0, 0.1) is 11.3 Å². The number of rotatable bonds is 7. The van der Waals surface area contributed by atoms with Gasteiger partial charge in [0.2, 0.25) is 10.0 Å². The monoisotopic (exact) mass is 412 g/mol. The third-order valence-corrected chi connectivity index (χ3v) is 6.86. The van der Waals surface area contributed by atoms with Crippen LogP contribution in [-0.2, 0) is 32.6 Å². The molecule has 6 nitrogen and oxygen atoms in total. The minimum absolute atomic E-state index is 0.126. The van der Waals surface area contributed by atoms with Gasteiger partial charge >= 0.3 is 5.97 Å². The van der Waals surface area contributed by atoms with Gasteiger partial charge in [0.05, 0.1) is 16.5 Å². The van der Waals surface area contributed by atoms with Gasteiger partial charge in [-0.3, -0.25) is 4.79 Å². The van der Waals surface area contributed by atoms with Crippen molar-refractivity contribution in [3.05, 3.63) is 65.2 Å². The molecule has 0 bridgehead atoms. The molecule has 2 aromatic rings. The van der Waals surface area contributed by atoms with Gasteiger partial charge in [-0.25, -0.2) is 8.42 Å². The van der Waals surface area contributed by atoms with E-state index in [2.05, 4.69) is 6.07 Å². The number of piperidine rings is 1. The lowest BCUT2D eigenvalue weighted by molar-refractivity contribution is -0.144. The average molecular weight is 413 g/mol. The van der Waals surface area contributed by atoms with Crippen LogP contribution in [0.2, 0.25) is 0 Å².